The van der Waals surface area contributed by atoms with Crippen molar-refractivity contribution in [1.82, 2.24) is 0 Å². The zero-order valence-electron chi connectivity index (χ0n) is 15.3. The van der Waals surface area contributed by atoms with Crippen LogP contribution < -0.4 is 15.6 Å². The van der Waals surface area contributed by atoms with E-state index in [1.807, 2.05) is 18.2 Å². The maximum atomic E-state index is 3.87. The summed E-state index contributed by atoms with van der Waals surface area (Å²) < 4.78 is 0. The van der Waals surface area contributed by atoms with Crippen LogP contribution in [0.1, 0.15) is 16.7 Å². The molecule has 0 nitrogen and oxygen atoms in total. The highest BCUT2D eigenvalue weighted by Gasteiger charge is 2.33. The van der Waals surface area contributed by atoms with Crippen LogP contribution in [0.25, 0.3) is 18.2 Å². The Kier molecular flexibility index (Phi) is 5.20. The second kappa shape index (κ2) is 7.55. The van der Waals surface area contributed by atoms with Gasteiger partial charge in [0, 0.05) is 0 Å². The first-order chi connectivity index (χ1) is 12.6. The molecule has 0 spiro atoms. The van der Waals surface area contributed by atoms with Gasteiger partial charge in [0.25, 0.3) is 0 Å². The number of hydrogen-bond acceptors (Lipinski definition) is 0. The van der Waals surface area contributed by atoms with E-state index in [4.69, 9.17) is 0 Å². The van der Waals surface area contributed by atoms with Crippen LogP contribution in [0, 0.1) is 0 Å². The first kappa shape index (κ1) is 17.9. The van der Waals surface area contributed by atoms with Crippen LogP contribution in [-0.4, -0.2) is 8.07 Å². The van der Waals surface area contributed by atoms with Crippen molar-refractivity contribution in [3.63, 3.8) is 0 Å². The van der Waals surface area contributed by atoms with Crippen molar-refractivity contribution in [3.05, 3.63) is 109 Å². The lowest BCUT2D eigenvalue weighted by atomic mass is 10.2. The van der Waals surface area contributed by atoms with Gasteiger partial charge < -0.3 is 0 Å². The maximum Gasteiger partial charge on any atom is 0.145 e. The van der Waals surface area contributed by atoms with Crippen molar-refractivity contribution in [2.24, 2.45) is 0 Å². The van der Waals surface area contributed by atoms with Gasteiger partial charge in [-0.25, -0.2) is 0 Å². The number of rotatable bonds is 6. The molecule has 1 heteroatoms. The molecule has 0 atom stereocenters. The zero-order chi connectivity index (χ0) is 18.6. The highest BCUT2D eigenvalue weighted by atomic mass is 28.3. The Hall–Kier alpha value is -2.90. The Labute approximate surface area is 157 Å². The molecular weight excluding hydrogens is 328 g/mol. The van der Waals surface area contributed by atoms with Crippen molar-refractivity contribution in [1.29, 1.82) is 0 Å². The molecule has 0 fully saturated rings. The minimum atomic E-state index is -2.09. The first-order valence-corrected chi connectivity index (χ1v) is 11.3. The second-order valence-corrected chi connectivity index (χ2v) is 10.6. The monoisotopic (exact) mass is 352 g/mol. The first-order valence-electron chi connectivity index (χ1n) is 8.80. The van der Waals surface area contributed by atoms with Crippen molar-refractivity contribution in [3.8, 4) is 0 Å². The van der Waals surface area contributed by atoms with Gasteiger partial charge in [-0.2, -0.15) is 0 Å². The van der Waals surface area contributed by atoms with Gasteiger partial charge in [0.05, 0.1) is 0 Å². The highest BCUT2D eigenvalue weighted by Crippen LogP contribution is 2.11. The third-order valence-corrected chi connectivity index (χ3v) is 9.64. The molecule has 0 radical (unpaired) electrons. The summed E-state index contributed by atoms with van der Waals surface area (Å²) in [6, 6.07) is 26.5. The van der Waals surface area contributed by atoms with Gasteiger partial charge in [0.2, 0.25) is 0 Å². The van der Waals surface area contributed by atoms with Crippen molar-refractivity contribution in [2.45, 2.75) is 6.55 Å². The molecule has 0 heterocycles. The molecule has 0 amide bonds. The Balaban J connectivity index is 2.19. The van der Waals surface area contributed by atoms with Gasteiger partial charge in [0.15, 0.2) is 0 Å². The number of benzene rings is 3. The summed E-state index contributed by atoms with van der Waals surface area (Å²) in [5, 5.41) is 4.17. The van der Waals surface area contributed by atoms with E-state index in [9.17, 15) is 0 Å². The fourth-order valence-electron chi connectivity index (χ4n) is 3.36. The normalized spacial score (nSPS) is 11.0. The van der Waals surface area contributed by atoms with Crippen molar-refractivity contribution >= 4 is 41.9 Å². The molecule has 26 heavy (non-hydrogen) atoms. The molecule has 3 aromatic rings. The fraction of sp³-hybridized carbons (Fsp3) is 0.0400. The highest BCUT2D eigenvalue weighted by molar-refractivity contribution is 7.10. The quantitative estimate of drug-likeness (QED) is 0.445. The van der Waals surface area contributed by atoms with E-state index in [1.165, 1.54) is 15.6 Å². The Morgan fingerprint density at radius 3 is 0.923 bits per heavy atom. The van der Waals surface area contributed by atoms with Crippen LogP contribution in [0.4, 0.5) is 0 Å². The molecule has 0 aromatic heterocycles. The van der Waals surface area contributed by atoms with Gasteiger partial charge >= 0.3 is 0 Å². The van der Waals surface area contributed by atoms with E-state index in [2.05, 4.69) is 99.1 Å². The van der Waals surface area contributed by atoms with E-state index in [-0.39, 0.29) is 0 Å². The van der Waals surface area contributed by atoms with Crippen LogP contribution >= 0.6 is 0 Å². The lowest BCUT2D eigenvalue weighted by Gasteiger charge is -2.30. The summed E-state index contributed by atoms with van der Waals surface area (Å²) in [7, 11) is -2.09. The average molecular weight is 353 g/mol. The second-order valence-electron chi connectivity index (χ2n) is 6.60. The van der Waals surface area contributed by atoms with Crippen LogP contribution in [0.3, 0.4) is 0 Å². The van der Waals surface area contributed by atoms with Crippen molar-refractivity contribution in [2.75, 3.05) is 0 Å². The molecule has 0 N–H and O–H groups in total. The molecule has 0 saturated carbocycles. The summed E-state index contributed by atoms with van der Waals surface area (Å²) in [6.45, 7) is 14.0. The number of hydrogen-bond donors (Lipinski definition) is 0. The van der Waals surface area contributed by atoms with Gasteiger partial charge in [-0.15, -0.1) is 0 Å². The molecular formula is C25H24Si. The Morgan fingerprint density at radius 1 is 0.500 bits per heavy atom. The molecule has 3 rings (SSSR count). The van der Waals surface area contributed by atoms with E-state index in [1.54, 1.807) is 0 Å². The van der Waals surface area contributed by atoms with E-state index in [0.717, 1.165) is 16.7 Å². The molecule has 0 aliphatic carbocycles. The average Bonchev–Trinajstić information content (AvgIpc) is 2.73. The van der Waals surface area contributed by atoms with Crippen LogP contribution in [-0.2, 0) is 0 Å². The van der Waals surface area contributed by atoms with E-state index in [0.29, 0.717) is 0 Å². The smallest absolute Gasteiger partial charge is 0.0985 e. The third-order valence-electron chi connectivity index (χ3n) is 5.17. The summed E-state index contributed by atoms with van der Waals surface area (Å²) >= 11 is 0. The lowest BCUT2D eigenvalue weighted by molar-refractivity contribution is 1.63. The molecule has 0 aliphatic heterocycles. The molecule has 0 bridgehead atoms. The third kappa shape index (κ3) is 3.26. The minimum Gasteiger partial charge on any atom is -0.0985 e. The summed E-state index contributed by atoms with van der Waals surface area (Å²) in [4.78, 5) is 0. The molecule has 128 valence electrons. The maximum absolute atomic E-state index is 3.87. The fourth-order valence-corrected chi connectivity index (χ4v) is 6.86. The summed E-state index contributed by atoms with van der Waals surface area (Å²) in [5.74, 6) is 0. The largest absolute Gasteiger partial charge is 0.145 e. The van der Waals surface area contributed by atoms with Gasteiger partial charge in [-0.3, -0.25) is 0 Å². The Morgan fingerprint density at radius 2 is 0.731 bits per heavy atom. The van der Waals surface area contributed by atoms with Crippen molar-refractivity contribution < 1.29 is 0 Å². The van der Waals surface area contributed by atoms with Gasteiger partial charge in [-0.1, -0.05) is 117 Å². The van der Waals surface area contributed by atoms with Gasteiger partial charge in [-0.05, 0) is 32.3 Å². The predicted molar refractivity (Wildman–Crippen MR) is 120 cm³/mol. The molecule has 0 aliphatic rings. The molecule has 3 aromatic carbocycles. The van der Waals surface area contributed by atoms with Crippen LogP contribution in [0.5, 0.6) is 0 Å². The summed E-state index contributed by atoms with van der Waals surface area (Å²) in [6.07, 6.45) is 5.67. The lowest BCUT2D eigenvalue weighted by Crippen LogP contribution is -2.64. The minimum absolute atomic E-state index is 1.15. The topological polar surface area (TPSA) is 0 Å². The van der Waals surface area contributed by atoms with Crippen LogP contribution in [0.15, 0.2) is 92.5 Å². The van der Waals surface area contributed by atoms with Gasteiger partial charge in [0.1, 0.15) is 8.07 Å². The SMILES string of the molecule is C=Cc1ccc([Si](C)(c2ccc(C=C)cc2)c2ccc(C=C)cc2)cc1. The van der Waals surface area contributed by atoms with Crippen LogP contribution in [0.2, 0.25) is 6.55 Å². The zero-order valence-corrected chi connectivity index (χ0v) is 16.3. The molecule has 0 saturated heterocycles. The molecule has 0 unspecified atom stereocenters. The van der Waals surface area contributed by atoms with E-state index >= 15 is 0 Å². The van der Waals surface area contributed by atoms with E-state index < -0.39 is 8.07 Å². The predicted octanol–water partition coefficient (Wildman–Crippen LogP) is 4.72. The Bertz CT molecular complexity index is 788. The summed E-state index contributed by atoms with van der Waals surface area (Å²) in [5.41, 5.74) is 3.44. The standard InChI is InChI=1S/C25H24Si/c1-5-20-8-14-23(15-9-20)26(4,24-16-10-21(6-2)11-17-24)25-18-12-22(7-3)13-19-25/h5-19H,1-3H2,4H3.